The lowest BCUT2D eigenvalue weighted by molar-refractivity contribution is 0.0918. The van der Waals surface area contributed by atoms with Crippen LogP contribution in [0.2, 0.25) is 0 Å². The number of carbonyl (C=O) groups excluding carboxylic acids is 1. The number of aromatic nitrogens is 2. The average Bonchev–Trinajstić information content (AvgIpc) is 2.84. The van der Waals surface area contributed by atoms with E-state index in [0.29, 0.717) is 17.1 Å². The second-order valence-electron chi connectivity index (χ2n) is 4.96. The van der Waals surface area contributed by atoms with Crippen LogP contribution >= 0.6 is 0 Å². The molecule has 0 spiro atoms. The number of hydrogen-bond donors (Lipinski definition) is 2. The highest BCUT2D eigenvalue weighted by atomic mass is 16.5. The largest absolute Gasteiger partial charge is 0.481 e. The van der Waals surface area contributed by atoms with Gasteiger partial charge >= 0.3 is 0 Å². The highest BCUT2D eigenvalue weighted by Crippen LogP contribution is 2.28. The third-order valence-corrected chi connectivity index (χ3v) is 3.60. The first-order valence-electron chi connectivity index (χ1n) is 6.75. The minimum absolute atomic E-state index is 0.0117. The minimum atomic E-state index is -0.260. The number of nitrogens with zero attached hydrogens (tertiary/aromatic N) is 2. The molecule has 21 heavy (non-hydrogen) atoms. The first-order chi connectivity index (χ1) is 10.2. The van der Waals surface area contributed by atoms with Gasteiger partial charge in [-0.1, -0.05) is 5.16 Å². The van der Waals surface area contributed by atoms with E-state index in [4.69, 9.17) is 15.0 Å². The van der Waals surface area contributed by atoms with E-state index in [2.05, 4.69) is 15.5 Å². The van der Waals surface area contributed by atoms with Gasteiger partial charge in [-0.25, -0.2) is 4.98 Å². The Bertz CT molecular complexity index is 647. The van der Waals surface area contributed by atoms with E-state index < -0.39 is 0 Å². The monoisotopic (exact) mass is 288 g/mol. The molecule has 0 aliphatic heterocycles. The molecule has 1 saturated carbocycles. The van der Waals surface area contributed by atoms with E-state index in [1.54, 1.807) is 18.3 Å². The van der Waals surface area contributed by atoms with E-state index in [1.807, 2.05) is 0 Å². The van der Waals surface area contributed by atoms with Crippen molar-refractivity contribution in [2.24, 2.45) is 0 Å². The van der Waals surface area contributed by atoms with Crippen LogP contribution in [-0.4, -0.2) is 29.2 Å². The first-order valence-corrected chi connectivity index (χ1v) is 6.75. The summed E-state index contributed by atoms with van der Waals surface area (Å²) in [4.78, 5) is 16.4. The molecule has 0 aromatic carbocycles. The zero-order chi connectivity index (χ0) is 14.8. The fourth-order valence-corrected chi connectivity index (χ4v) is 2.17. The number of pyridine rings is 1. The molecule has 7 heteroatoms. The van der Waals surface area contributed by atoms with Crippen LogP contribution in [0.25, 0.3) is 11.3 Å². The normalized spacial score (nSPS) is 14.5. The van der Waals surface area contributed by atoms with Gasteiger partial charge in [0.25, 0.3) is 5.91 Å². The van der Waals surface area contributed by atoms with Crippen LogP contribution < -0.4 is 15.8 Å². The fourth-order valence-electron chi connectivity index (χ4n) is 2.17. The number of nitrogens with one attached hydrogen (secondary N) is 1. The zero-order valence-electron chi connectivity index (χ0n) is 11.6. The lowest BCUT2D eigenvalue weighted by atomic mass is 9.93. The number of hydrogen-bond acceptors (Lipinski definition) is 6. The van der Waals surface area contributed by atoms with Gasteiger partial charge in [-0.15, -0.1) is 0 Å². The molecule has 1 amide bonds. The summed E-state index contributed by atoms with van der Waals surface area (Å²) in [5.41, 5.74) is 7.03. The molecule has 1 aliphatic rings. The lowest BCUT2D eigenvalue weighted by Gasteiger charge is -2.26. The standard InChI is InChI=1S/C14H16N4O3/c1-20-10-6-5-8(7-16-10)12-11(13(15)21-18-12)14(19)17-9-3-2-4-9/h5-7,9H,2-4,15H2,1H3,(H,17,19). The Morgan fingerprint density at radius 3 is 2.86 bits per heavy atom. The second-order valence-corrected chi connectivity index (χ2v) is 4.96. The van der Waals surface area contributed by atoms with Gasteiger partial charge in [0.2, 0.25) is 11.8 Å². The first kappa shape index (κ1) is 13.4. The van der Waals surface area contributed by atoms with Crippen molar-refractivity contribution in [3.05, 3.63) is 23.9 Å². The van der Waals surface area contributed by atoms with E-state index in [9.17, 15) is 4.79 Å². The maximum atomic E-state index is 12.3. The van der Waals surface area contributed by atoms with E-state index >= 15 is 0 Å². The number of nitrogen functional groups attached to an aromatic ring is 1. The molecular formula is C14H16N4O3. The molecule has 0 unspecified atom stereocenters. The van der Waals surface area contributed by atoms with Crippen molar-refractivity contribution in [2.75, 3.05) is 12.8 Å². The average molecular weight is 288 g/mol. The number of methoxy groups -OCH3 is 1. The molecule has 2 aromatic heterocycles. The summed E-state index contributed by atoms with van der Waals surface area (Å²) in [6.07, 6.45) is 4.70. The molecule has 7 nitrogen and oxygen atoms in total. The molecule has 2 heterocycles. The van der Waals surface area contributed by atoms with E-state index in [0.717, 1.165) is 19.3 Å². The van der Waals surface area contributed by atoms with Gasteiger partial charge < -0.3 is 20.3 Å². The second kappa shape index (κ2) is 5.43. The Labute approximate surface area is 121 Å². The quantitative estimate of drug-likeness (QED) is 0.885. The van der Waals surface area contributed by atoms with Gasteiger partial charge in [0.05, 0.1) is 7.11 Å². The molecule has 1 aliphatic carbocycles. The molecular weight excluding hydrogens is 272 g/mol. The van der Waals surface area contributed by atoms with E-state index in [-0.39, 0.29) is 23.4 Å². The van der Waals surface area contributed by atoms with Crippen LogP contribution in [0, 0.1) is 0 Å². The number of nitrogens with two attached hydrogens (primary N) is 1. The summed E-state index contributed by atoms with van der Waals surface area (Å²) >= 11 is 0. The van der Waals surface area contributed by atoms with Crippen LogP contribution in [0.4, 0.5) is 5.88 Å². The summed E-state index contributed by atoms with van der Waals surface area (Å²) < 4.78 is 9.97. The Morgan fingerprint density at radius 1 is 1.48 bits per heavy atom. The van der Waals surface area contributed by atoms with Gasteiger partial charge in [-0.3, -0.25) is 4.79 Å². The Balaban J connectivity index is 1.89. The number of rotatable bonds is 4. The van der Waals surface area contributed by atoms with Gasteiger partial charge in [0.1, 0.15) is 11.3 Å². The lowest BCUT2D eigenvalue weighted by Crippen LogP contribution is -2.39. The summed E-state index contributed by atoms with van der Waals surface area (Å²) in [7, 11) is 1.54. The van der Waals surface area contributed by atoms with Crippen molar-refractivity contribution in [3.8, 4) is 17.1 Å². The molecule has 2 aromatic rings. The smallest absolute Gasteiger partial charge is 0.259 e. The molecule has 3 N–H and O–H groups in total. The van der Waals surface area contributed by atoms with Crippen molar-refractivity contribution in [1.29, 1.82) is 0 Å². The van der Waals surface area contributed by atoms with Gasteiger partial charge in [-0.05, 0) is 25.3 Å². The fraction of sp³-hybridized carbons (Fsp3) is 0.357. The maximum absolute atomic E-state index is 12.3. The highest BCUT2D eigenvalue weighted by molar-refractivity contribution is 6.03. The van der Waals surface area contributed by atoms with Crippen LogP contribution in [0.15, 0.2) is 22.9 Å². The topological polar surface area (TPSA) is 103 Å². The number of carbonyl (C=O) groups is 1. The van der Waals surface area contributed by atoms with Crippen LogP contribution in [-0.2, 0) is 0 Å². The van der Waals surface area contributed by atoms with Gasteiger partial charge in [0.15, 0.2) is 0 Å². The Hall–Kier alpha value is -2.57. The third kappa shape index (κ3) is 2.54. The minimum Gasteiger partial charge on any atom is -0.481 e. The predicted octanol–water partition coefficient (Wildman–Crippen LogP) is 1.61. The van der Waals surface area contributed by atoms with Crippen molar-refractivity contribution in [1.82, 2.24) is 15.5 Å². The SMILES string of the molecule is COc1ccc(-c2noc(N)c2C(=O)NC2CCC2)cn1. The molecule has 1 fully saturated rings. The summed E-state index contributed by atoms with van der Waals surface area (Å²) in [5.74, 6) is 0.234. The molecule has 3 rings (SSSR count). The van der Waals surface area contributed by atoms with Gasteiger partial charge in [0, 0.05) is 23.9 Å². The number of anilines is 1. The Kier molecular flexibility index (Phi) is 3.47. The molecule has 0 radical (unpaired) electrons. The highest BCUT2D eigenvalue weighted by Gasteiger charge is 2.26. The van der Waals surface area contributed by atoms with Crippen molar-refractivity contribution in [2.45, 2.75) is 25.3 Å². The van der Waals surface area contributed by atoms with Crippen LogP contribution in [0.5, 0.6) is 5.88 Å². The van der Waals surface area contributed by atoms with E-state index in [1.165, 1.54) is 7.11 Å². The number of ether oxygens (including phenoxy) is 1. The van der Waals surface area contributed by atoms with Crippen molar-refractivity contribution < 1.29 is 14.1 Å². The molecule has 0 bridgehead atoms. The van der Waals surface area contributed by atoms with Crippen LogP contribution in [0.1, 0.15) is 29.6 Å². The third-order valence-electron chi connectivity index (χ3n) is 3.60. The van der Waals surface area contributed by atoms with Crippen molar-refractivity contribution in [3.63, 3.8) is 0 Å². The Morgan fingerprint density at radius 2 is 2.29 bits per heavy atom. The molecule has 0 saturated heterocycles. The molecule has 0 atom stereocenters. The zero-order valence-corrected chi connectivity index (χ0v) is 11.6. The summed E-state index contributed by atoms with van der Waals surface area (Å²) in [6, 6.07) is 3.66. The van der Waals surface area contributed by atoms with Crippen molar-refractivity contribution >= 4 is 11.8 Å². The number of amides is 1. The van der Waals surface area contributed by atoms with Crippen LogP contribution in [0.3, 0.4) is 0 Å². The maximum Gasteiger partial charge on any atom is 0.259 e. The van der Waals surface area contributed by atoms with Gasteiger partial charge in [-0.2, -0.15) is 0 Å². The predicted molar refractivity (Wildman–Crippen MR) is 75.8 cm³/mol. The summed E-state index contributed by atoms with van der Waals surface area (Å²) in [5, 5.41) is 6.80. The molecule has 110 valence electrons. The summed E-state index contributed by atoms with van der Waals surface area (Å²) in [6.45, 7) is 0.